The second-order valence-electron chi connectivity index (χ2n) is 3.91. The Labute approximate surface area is 91.3 Å². The molecule has 0 saturated carbocycles. The van der Waals surface area contributed by atoms with Gasteiger partial charge in [-0.15, -0.1) is 0 Å². The van der Waals surface area contributed by atoms with E-state index >= 15 is 0 Å². The van der Waals surface area contributed by atoms with Gasteiger partial charge in [0.2, 0.25) is 0 Å². The fourth-order valence-electron chi connectivity index (χ4n) is 1.48. The van der Waals surface area contributed by atoms with Crippen LogP contribution in [-0.4, -0.2) is 12.9 Å². The van der Waals surface area contributed by atoms with E-state index in [0.29, 0.717) is 11.3 Å². The van der Waals surface area contributed by atoms with Gasteiger partial charge in [0.05, 0.1) is 12.7 Å². The van der Waals surface area contributed by atoms with Gasteiger partial charge in [-0.25, -0.2) is 0 Å². The normalized spacial score (nSPS) is 10.5. The molecule has 0 aromatic heterocycles. The van der Waals surface area contributed by atoms with Gasteiger partial charge >= 0.3 is 0 Å². The molecule has 0 N–H and O–H groups in total. The van der Waals surface area contributed by atoms with Crippen molar-refractivity contribution in [1.29, 1.82) is 0 Å². The van der Waals surface area contributed by atoms with Gasteiger partial charge in [-0.3, -0.25) is 4.79 Å². The van der Waals surface area contributed by atoms with E-state index in [9.17, 15) is 4.79 Å². The smallest absolute Gasteiger partial charge is 0.169 e. The summed E-state index contributed by atoms with van der Waals surface area (Å²) < 4.78 is 5.20. The van der Waals surface area contributed by atoms with Gasteiger partial charge in [0.1, 0.15) is 5.75 Å². The third-order valence-corrected chi connectivity index (χ3v) is 2.46. The number of ether oxygens (including phenoxy) is 1. The maximum absolute atomic E-state index is 11.9. The fraction of sp³-hybridized carbons (Fsp3) is 0.462. The molecule has 0 bridgehead atoms. The van der Waals surface area contributed by atoms with E-state index < -0.39 is 0 Å². The summed E-state index contributed by atoms with van der Waals surface area (Å²) in [7, 11) is 1.60. The number of hydrogen-bond donors (Lipinski definition) is 0. The Balaban J connectivity index is 3.17. The average molecular weight is 206 g/mol. The van der Waals surface area contributed by atoms with Gasteiger partial charge in [0.15, 0.2) is 5.78 Å². The molecule has 0 fully saturated rings. The van der Waals surface area contributed by atoms with Gasteiger partial charge in [-0.2, -0.15) is 0 Å². The highest BCUT2D eigenvalue weighted by molar-refractivity contribution is 6.00. The molecule has 0 amide bonds. The number of hydrogen-bond acceptors (Lipinski definition) is 2. The predicted octanol–water partition coefficient (Wildman–Crippen LogP) is 3.10. The highest BCUT2D eigenvalue weighted by atomic mass is 16.5. The van der Waals surface area contributed by atoms with Crippen molar-refractivity contribution in [2.45, 2.75) is 27.2 Å². The molecule has 0 spiro atoms. The maximum atomic E-state index is 11.9. The number of benzene rings is 1. The Kier molecular flexibility index (Phi) is 3.89. The molecule has 0 aliphatic heterocycles. The zero-order chi connectivity index (χ0) is 11.4. The lowest BCUT2D eigenvalue weighted by atomic mass is 9.98. The Hall–Kier alpha value is -1.31. The van der Waals surface area contributed by atoms with E-state index in [4.69, 9.17) is 4.74 Å². The third-order valence-electron chi connectivity index (χ3n) is 2.46. The van der Waals surface area contributed by atoms with Crippen LogP contribution < -0.4 is 4.74 Å². The van der Waals surface area contributed by atoms with Crippen LogP contribution in [0.5, 0.6) is 5.75 Å². The first-order valence-corrected chi connectivity index (χ1v) is 5.31. The first-order chi connectivity index (χ1) is 7.10. The van der Waals surface area contributed by atoms with Crippen LogP contribution in [0.1, 0.15) is 36.7 Å². The molecule has 0 aliphatic carbocycles. The maximum Gasteiger partial charge on any atom is 0.169 e. The molecule has 1 aromatic rings. The molecule has 82 valence electrons. The highest BCUT2D eigenvalue weighted by Gasteiger charge is 2.15. The number of rotatable bonds is 4. The quantitative estimate of drug-likeness (QED) is 0.707. The lowest BCUT2D eigenvalue weighted by Crippen LogP contribution is -2.09. The van der Waals surface area contributed by atoms with Crippen molar-refractivity contribution in [3.05, 3.63) is 29.3 Å². The largest absolute Gasteiger partial charge is 0.496 e. The van der Waals surface area contributed by atoms with Crippen molar-refractivity contribution < 1.29 is 9.53 Å². The Bertz CT molecular complexity index is 354. The first-order valence-electron chi connectivity index (χ1n) is 5.31. The molecule has 0 heterocycles. The third kappa shape index (κ3) is 2.58. The molecule has 0 radical (unpaired) electrons. The van der Waals surface area contributed by atoms with Crippen LogP contribution in [-0.2, 0) is 6.42 Å². The van der Waals surface area contributed by atoms with Crippen molar-refractivity contribution in [3.63, 3.8) is 0 Å². The summed E-state index contributed by atoms with van der Waals surface area (Å²) in [5, 5.41) is 0. The van der Waals surface area contributed by atoms with Crippen molar-refractivity contribution in [1.82, 2.24) is 0 Å². The number of carbonyl (C=O) groups is 1. The highest BCUT2D eigenvalue weighted by Crippen LogP contribution is 2.23. The minimum Gasteiger partial charge on any atom is -0.496 e. The second kappa shape index (κ2) is 4.96. The van der Waals surface area contributed by atoms with Gasteiger partial charge in [0, 0.05) is 5.92 Å². The summed E-state index contributed by atoms with van der Waals surface area (Å²) in [6.45, 7) is 5.88. The van der Waals surface area contributed by atoms with Crippen molar-refractivity contribution >= 4 is 5.78 Å². The molecule has 1 rings (SSSR count). The standard InChI is InChI=1S/C13H18O2/c1-5-10-6-7-12(15-4)11(8-10)13(14)9(2)3/h6-9H,5H2,1-4H3. The van der Waals surface area contributed by atoms with Crippen molar-refractivity contribution in [2.75, 3.05) is 7.11 Å². The summed E-state index contributed by atoms with van der Waals surface area (Å²) in [5.74, 6) is 0.819. The molecule has 0 atom stereocenters. The fourth-order valence-corrected chi connectivity index (χ4v) is 1.48. The van der Waals surface area contributed by atoms with Gasteiger partial charge < -0.3 is 4.74 Å². The summed E-state index contributed by atoms with van der Waals surface area (Å²) >= 11 is 0. The van der Waals surface area contributed by atoms with Crippen LogP contribution in [0, 0.1) is 5.92 Å². The SMILES string of the molecule is CCc1ccc(OC)c(C(=O)C(C)C)c1. The molecular weight excluding hydrogens is 188 g/mol. The topological polar surface area (TPSA) is 26.3 Å². The minimum atomic E-state index is 0.00556. The molecule has 0 aliphatic rings. The summed E-state index contributed by atoms with van der Waals surface area (Å²) in [6, 6.07) is 5.80. The van der Waals surface area contributed by atoms with Crippen LogP contribution in [0.25, 0.3) is 0 Å². The minimum absolute atomic E-state index is 0.00556. The zero-order valence-corrected chi connectivity index (χ0v) is 9.83. The van der Waals surface area contributed by atoms with E-state index in [1.54, 1.807) is 7.11 Å². The van der Waals surface area contributed by atoms with E-state index in [1.807, 2.05) is 32.0 Å². The predicted molar refractivity (Wildman–Crippen MR) is 61.5 cm³/mol. The van der Waals surface area contributed by atoms with E-state index in [0.717, 1.165) is 6.42 Å². The molecule has 0 saturated heterocycles. The van der Waals surface area contributed by atoms with E-state index in [1.165, 1.54) is 5.56 Å². The number of ketones is 1. The number of methoxy groups -OCH3 is 1. The molecule has 2 heteroatoms. The van der Waals surface area contributed by atoms with Gasteiger partial charge in [0.25, 0.3) is 0 Å². The molecule has 15 heavy (non-hydrogen) atoms. The van der Waals surface area contributed by atoms with Gasteiger partial charge in [-0.1, -0.05) is 26.8 Å². The summed E-state index contributed by atoms with van der Waals surface area (Å²) in [6.07, 6.45) is 0.933. The average Bonchev–Trinajstić information content (AvgIpc) is 2.27. The van der Waals surface area contributed by atoms with Crippen LogP contribution >= 0.6 is 0 Å². The second-order valence-corrected chi connectivity index (χ2v) is 3.91. The van der Waals surface area contributed by atoms with Crippen molar-refractivity contribution in [3.8, 4) is 5.75 Å². The molecule has 2 nitrogen and oxygen atoms in total. The van der Waals surface area contributed by atoms with E-state index in [-0.39, 0.29) is 11.7 Å². The van der Waals surface area contributed by atoms with Crippen LogP contribution in [0.2, 0.25) is 0 Å². The molecular formula is C13H18O2. The molecule has 1 aromatic carbocycles. The Morgan fingerprint density at radius 1 is 1.40 bits per heavy atom. The Morgan fingerprint density at radius 2 is 2.07 bits per heavy atom. The number of carbonyl (C=O) groups excluding carboxylic acids is 1. The van der Waals surface area contributed by atoms with Crippen LogP contribution in [0.15, 0.2) is 18.2 Å². The van der Waals surface area contributed by atoms with Crippen molar-refractivity contribution in [2.24, 2.45) is 5.92 Å². The number of Topliss-reactive ketones (excluding diaryl/α,β-unsaturated/α-hetero) is 1. The zero-order valence-electron chi connectivity index (χ0n) is 9.83. The number of aryl methyl sites for hydroxylation is 1. The summed E-state index contributed by atoms with van der Waals surface area (Å²) in [4.78, 5) is 11.9. The van der Waals surface area contributed by atoms with Crippen LogP contribution in [0.3, 0.4) is 0 Å². The van der Waals surface area contributed by atoms with Gasteiger partial charge in [-0.05, 0) is 24.1 Å². The lowest BCUT2D eigenvalue weighted by molar-refractivity contribution is 0.0936. The summed E-state index contributed by atoms with van der Waals surface area (Å²) in [5.41, 5.74) is 1.87. The lowest BCUT2D eigenvalue weighted by Gasteiger charge is -2.11. The first kappa shape index (κ1) is 11.8. The monoisotopic (exact) mass is 206 g/mol. The van der Waals surface area contributed by atoms with E-state index in [2.05, 4.69) is 6.92 Å². The molecule has 0 unspecified atom stereocenters. The Morgan fingerprint density at radius 3 is 2.53 bits per heavy atom. The van der Waals surface area contributed by atoms with Crippen LogP contribution in [0.4, 0.5) is 0 Å².